The number of amides is 1. The van der Waals surface area contributed by atoms with Crippen LogP contribution in [0, 0.1) is 0 Å². The molecule has 0 saturated carbocycles. The first-order valence-corrected chi connectivity index (χ1v) is 8.79. The van der Waals surface area contributed by atoms with E-state index >= 15 is 0 Å². The molecule has 6 nitrogen and oxygen atoms in total. The van der Waals surface area contributed by atoms with Gasteiger partial charge in [-0.15, -0.1) is 0 Å². The Balaban J connectivity index is 1.57. The molecule has 128 valence electrons. The van der Waals surface area contributed by atoms with Gasteiger partial charge >= 0.3 is 0 Å². The summed E-state index contributed by atoms with van der Waals surface area (Å²) >= 11 is 0. The number of hydroxylamine groups is 2. The van der Waals surface area contributed by atoms with E-state index in [1.165, 1.54) is 0 Å². The molecule has 0 bridgehead atoms. The Bertz CT molecular complexity index is 523. The van der Waals surface area contributed by atoms with Gasteiger partial charge in [0.05, 0.1) is 12.6 Å². The highest BCUT2D eigenvalue weighted by atomic mass is 16.7. The number of rotatable bonds is 5. The highest BCUT2D eigenvalue weighted by Crippen LogP contribution is 2.33. The molecule has 6 heteroatoms. The third-order valence-electron chi connectivity index (χ3n) is 4.68. The van der Waals surface area contributed by atoms with Crippen LogP contribution in [0.3, 0.4) is 0 Å². The van der Waals surface area contributed by atoms with Gasteiger partial charge in [-0.2, -0.15) is 5.06 Å². The molecule has 3 heterocycles. The molecule has 0 aliphatic carbocycles. The van der Waals surface area contributed by atoms with Gasteiger partial charge in [0, 0.05) is 38.0 Å². The van der Waals surface area contributed by atoms with Crippen molar-refractivity contribution in [1.29, 1.82) is 0 Å². The van der Waals surface area contributed by atoms with E-state index in [9.17, 15) is 4.79 Å². The number of hydrogen-bond acceptors (Lipinski definition) is 5. The minimum absolute atomic E-state index is 0.0704. The Hall–Kier alpha value is -1.40. The third kappa shape index (κ3) is 3.93. The average molecular weight is 321 g/mol. The van der Waals surface area contributed by atoms with Crippen LogP contribution in [0.5, 0.6) is 0 Å². The van der Waals surface area contributed by atoms with E-state index in [1.54, 1.807) is 0 Å². The predicted octanol–water partition coefficient (Wildman–Crippen LogP) is 2.88. The van der Waals surface area contributed by atoms with E-state index in [2.05, 4.69) is 19.0 Å². The van der Waals surface area contributed by atoms with Gasteiger partial charge in [-0.25, -0.2) is 0 Å². The van der Waals surface area contributed by atoms with Crippen molar-refractivity contribution in [2.75, 3.05) is 26.2 Å². The first-order chi connectivity index (χ1) is 11.1. The van der Waals surface area contributed by atoms with E-state index in [-0.39, 0.29) is 11.9 Å². The lowest BCUT2D eigenvalue weighted by Gasteiger charge is -2.28. The van der Waals surface area contributed by atoms with Crippen LogP contribution in [0.4, 0.5) is 0 Å². The van der Waals surface area contributed by atoms with E-state index in [4.69, 9.17) is 9.36 Å². The molecule has 0 spiro atoms. The molecule has 0 aromatic carbocycles. The first kappa shape index (κ1) is 16.5. The number of hydrogen-bond donors (Lipinski definition) is 0. The van der Waals surface area contributed by atoms with Crippen LogP contribution < -0.4 is 0 Å². The van der Waals surface area contributed by atoms with E-state index in [0.717, 1.165) is 56.8 Å². The zero-order valence-electron chi connectivity index (χ0n) is 14.2. The maximum Gasteiger partial charge on any atom is 0.224 e. The number of nitrogens with zero attached hydrogens (tertiary/aromatic N) is 3. The monoisotopic (exact) mass is 321 g/mol. The van der Waals surface area contributed by atoms with Crippen molar-refractivity contribution in [2.24, 2.45) is 0 Å². The molecule has 0 unspecified atom stereocenters. The molecule has 2 saturated heterocycles. The second kappa shape index (κ2) is 7.45. The van der Waals surface area contributed by atoms with Crippen molar-refractivity contribution in [3.63, 3.8) is 0 Å². The molecule has 2 aliphatic rings. The van der Waals surface area contributed by atoms with E-state index < -0.39 is 0 Å². The Morgan fingerprint density at radius 3 is 2.91 bits per heavy atom. The smallest absolute Gasteiger partial charge is 0.224 e. The summed E-state index contributed by atoms with van der Waals surface area (Å²) in [6, 6.07) is 2.08. The number of likely N-dealkylation sites (tertiary alicyclic amines) is 1. The zero-order chi connectivity index (χ0) is 16.2. The van der Waals surface area contributed by atoms with Crippen molar-refractivity contribution in [3.8, 4) is 0 Å². The first-order valence-electron chi connectivity index (χ1n) is 8.79. The zero-order valence-corrected chi connectivity index (χ0v) is 14.2. The fourth-order valence-corrected chi connectivity index (χ4v) is 3.29. The summed E-state index contributed by atoms with van der Waals surface area (Å²) in [5, 5.41) is 6.13. The normalized spacial score (nSPS) is 22.9. The SMILES string of the molecule is CC(C)c1cc([C@H]2CCCN2C(=O)CCN2CCCCO2)no1. The molecule has 1 atom stereocenters. The summed E-state index contributed by atoms with van der Waals surface area (Å²) < 4.78 is 5.41. The predicted molar refractivity (Wildman–Crippen MR) is 85.7 cm³/mol. The Morgan fingerprint density at radius 1 is 1.35 bits per heavy atom. The van der Waals surface area contributed by atoms with Crippen LogP contribution in [0.1, 0.15) is 69.4 Å². The summed E-state index contributed by atoms with van der Waals surface area (Å²) in [5.41, 5.74) is 0.897. The van der Waals surface area contributed by atoms with Gasteiger partial charge in [-0.05, 0) is 25.7 Å². The molecule has 0 N–H and O–H groups in total. The molecule has 23 heavy (non-hydrogen) atoms. The highest BCUT2D eigenvalue weighted by Gasteiger charge is 2.32. The maximum atomic E-state index is 12.6. The maximum absolute atomic E-state index is 12.6. The molecule has 1 aromatic heterocycles. The fraction of sp³-hybridized carbons (Fsp3) is 0.765. The van der Waals surface area contributed by atoms with Gasteiger partial charge in [0.1, 0.15) is 11.5 Å². The lowest BCUT2D eigenvalue weighted by atomic mass is 10.1. The summed E-state index contributed by atoms with van der Waals surface area (Å²) in [7, 11) is 0. The topological polar surface area (TPSA) is 58.8 Å². The van der Waals surface area contributed by atoms with Crippen molar-refractivity contribution >= 4 is 5.91 Å². The van der Waals surface area contributed by atoms with E-state index in [1.807, 2.05) is 16.0 Å². The van der Waals surface area contributed by atoms with E-state index in [0.29, 0.717) is 18.9 Å². The summed E-state index contributed by atoms with van der Waals surface area (Å²) in [4.78, 5) is 20.1. The number of aromatic nitrogens is 1. The third-order valence-corrected chi connectivity index (χ3v) is 4.68. The van der Waals surface area contributed by atoms with Crippen LogP contribution in [-0.4, -0.2) is 47.3 Å². The van der Waals surface area contributed by atoms with Gasteiger partial charge in [0.25, 0.3) is 0 Å². The molecule has 0 radical (unpaired) electrons. The largest absolute Gasteiger partial charge is 0.361 e. The minimum atomic E-state index is 0.0704. The molecule has 1 aromatic rings. The number of carbonyl (C=O) groups is 1. The van der Waals surface area contributed by atoms with Crippen molar-refractivity contribution < 1.29 is 14.2 Å². The van der Waals surface area contributed by atoms with Gasteiger partial charge in [0.15, 0.2) is 0 Å². The lowest BCUT2D eigenvalue weighted by Crippen LogP contribution is -2.36. The molecular formula is C17H27N3O3. The van der Waals surface area contributed by atoms with Crippen LogP contribution in [0.2, 0.25) is 0 Å². The summed E-state index contributed by atoms with van der Waals surface area (Å²) in [5.74, 6) is 1.40. The van der Waals surface area contributed by atoms with Gasteiger partial charge in [-0.1, -0.05) is 19.0 Å². The number of carbonyl (C=O) groups excluding carboxylic acids is 1. The molecule has 1 amide bonds. The van der Waals surface area contributed by atoms with Crippen molar-refractivity contribution in [2.45, 2.75) is 57.9 Å². The second-order valence-corrected chi connectivity index (χ2v) is 6.77. The van der Waals surface area contributed by atoms with Crippen LogP contribution >= 0.6 is 0 Å². The lowest BCUT2D eigenvalue weighted by molar-refractivity contribution is -0.182. The molecule has 2 fully saturated rings. The Labute approximate surface area is 137 Å². The van der Waals surface area contributed by atoms with Crippen molar-refractivity contribution in [1.82, 2.24) is 15.1 Å². The molecule has 3 rings (SSSR count). The summed E-state index contributed by atoms with van der Waals surface area (Å²) in [6.45, 7) is 7.36. The molecule has 2 aliphatic heterocycles. The van der Waals surface area contributed by atoms with Crippen molar-refractivity contribution in [3.05, 3.63) is 17.5 Å². The second-order valence-electron chi connectivity index (χ2n) is 6.77. The molecular weight excluding hydrogens is 294 g/mol. The standard InChI is InChI=1S/C17H27N3O3/c1-13(2)16-12-14(18-23-16)15-6-5-9-20(15)17(21)7-10-19-8-3-4-11-22-19/h12-13,15H,3-11H2,1-2H3/t15-/m1/s1. The van der Waals surface area contributed by atoms with Crippen LogP contribution in [0.15, 0.2) is 10.6 Å². The van der Waals surface area contributed by atoms with Gasteiger partial charge in [0.2, 0.25) is 5.91 Å². The Kier molecular flexibility index (Phi) is 5.33. The Morgan fingerprint density at radius 2 is 2.22 bits per heavy atom. The fourth-order valence-electron chi connectivity index (χ4n) is 3.29. The van der Waals surface area contributed by atoms with Gasteiger partial charge in [-0.3, -0.25) is 9.63 Å². The van der Waals surface area contributed by atoms with Crippen LogP contribution in [-0.2, 0) is 9.63 Å². The van der Waals surface area contributed by atoms with Gasteiger partial charge < -0.3 is 9.42 Å². The minimum Gasteiger partial charge on any atom is -0.361 e. The average Bonchev–Trinajstić information content (AvgIpc) is 3.22. The quantitative estimate of drug-likeness (QED) is 0.834. The van der Waals surface area contributed by atoms with Crippen LogP contribution in [0.25, 0.3) is 0 Å². The summed E-state index contributed by atoms with van der Waals surface area (Å²) in [6.07, 6.45) is 4.77. The highest BCUT2D eigenvalue weighted by molar-refractivity contribution is 5.77.